The molecule has 1 nitrogen and oxygen atoms in total. The maximum Gasteiger partial charge on any atom is 0.253 e. The smallest absolute Gasteiger partial charge is 0.253 e. The van der Waals surface area contributed by atoms with E-state index in [0.29, 0.717) is 11.6 Å². The number of unbranched alkanes of at least 4 members (excludes halogenated alkanes) is 19. The summed E-state index contributed by atoms with van der Waals surface area (Å²) in [6, 6.07) is 0. The molecule has 0 unspecified atom stereocenters. The first-order chi connectivity index (χ1) is 17.4. The largest absolute Gasteiger partial charge is 0.289 e. The van der Waals surface area contributed by atoms with Crippen LogP contribution in [0, 0.1) is 5.41 Å². The van der Waals surface area contributed by atoms with Crippen molar-refractivity contribution in [2.24, 2.45) is 5.41 Å². The highest BCUT2D eigenvalue weighted by molar-refractivity contribution is 8.08. The van der Waals surface area contributed by atoms with Gasteiger partial charge in [0.05, 0.1) is 0 Å². The van der Waals surface area contributed by atoms with Crippen LogP contribution in [-0.4, -0.2) is 6.16 Å². The molecule has 0 amide bonds. The maximum atomic E-state index is 11.3. The molecule has 0 radical (unpaired) electrons. The molecule has 0 saturated heterocycles. The summed E-state index contributed by atoms with van der Waals surface area (Å²) in [7, 11) is 0. The molecular formula is C32H65Cl2OP. The number of hydrogen-bond donors (Lipinski definition) is 0. The summed E-state index contributed by atoms with van der Waals surface area (Å²) < 4.78 is 11.3. The van der Waals surface area contributed by atoms with Gasteiger partial charge in [0.15, 0.2) is 0 Å². The van der Waals surface area contributed by atoms with Gasteiger partial charge in [0.1, 0.15) is 0 Å². The average molecular weight is 568 g/mol. The van der Waals surface area contributed by atoms with Gasteiger partial charge in [-0.05, 0) is 60.0 Å². The third kappa shape index (κ3) is 25.1. The molecule has 0 aliphatic carbocycles. The molecular weight excluding hydrogens is 502 g/mol. The number of rotatable bonds is 29. The van der Waals surface area contributed by atoms with Crippen LogP contribution in [0.25, 0.3) is 0 Å². The molecule has 0 aromatic carbocycles. The maximum absolute atomic E-state index is 11.3. The molecule has 0 N–H and O–H groups in total. The third-order valence-corrected chi connectivity index (χ3v) is 10.2. The van der Waals surface area contributed by atoms with Gasteiger partial charge < -0.3 is 0 Å². The summed E-state index contributed by atoms with van der Waals surface area (Å²) >= 11 is 11.2. The summed E-state index contributed by atoms with van der Waals surface area (Å²) in [4.78, 5) is 0. The lowest BCUT2D eigenvalue weighted by atomic mass is 9.70. The second-order valence-corrected chi connectivity index (χ2v) is 17.2. The second kappa shape index (κ2) is 26.1. The molecule has 36 heavy (non-hydrogen) atoms. The Bertz CT molecular complexity index is 459. The van der Waals surface area contributed by atoms with Gasteiger partial charge in [-0.2, -0.15) is 0 Å². The minimum atomic E-state index is -2.84. The average Bonchev–Trinajstić information content (AvgIpc) is 2.84. The molecule has 0 bridgehead atoms. The summed E-state index contributed by atoms with van der Waals surface area (Å²) in [6.45, 7) is 7.02. The third-order valence-electron chi connectivity index (χ3n) is 8.31. The number of hydrogen-bond acceptors (Lipinski definition) is 1. The first-order valence-electron chi connectivity index (χ1n) is 16.4. The Kier molecular flexibility index (Phi) is 26.6. The van der Waals surface area contributed by atoms with Gasteiger partial charge in [-0.25, -0.2) is 0 Å². The SMILES string of the molecule is CCCCCCC(CCCCCC)(CCCCCC)CCCCCCCCCCCCCP(=O)(Cl)Cl. The molecule has 0 heterocycles. The predicted molar refractivity (Wildman–Crippen MR) is 168 cm³/mol. The molecule has 0 aromatic rings. The van der Waals surface area contributed by atoms with Gasteiger partial charge in [-0.15, -0.1) is 0 Å². The normalized spacial score (nSPS) is 12.5. The first kappa shape index (κ1) is 36.8. The molecule has 0 aliphatic heterocycles. The molecule has 0 rings (SSSR count). The van der Waals surface area contributed by atoms with E-state index in [9.17, 15) is 4.57 Å². The summed E-state index contributed by atoms with van der Waals surface area (Å²) in [5.41, 5.74) is 0.649. The topological polar surface area (TPSA) is 17.1 Å². The van der Waals surface area contributed by atoms with Crippen LogP contribution in [-0.2, 0) is 4.57 Å². The van der Waals surface area contributed by atoms with Gasteiger partial charge in [0.25, 0.3) is 5.85 Å². The predicted octanol–water partition coefficient (Wildman–Crippen LogP) is 14.2. The van der Waals surface area contributed by atoms with Crippen molar-refractivity contribution in [3.63, 3.8) is 0 Å². The van der Waals surface area contributed by atoms with E-state index < -0.39 is 5.85 Å². The van der Waals surface area contributed by atoms with Crippen LogP contribution in [0.5, 0.6) is 0 Å². The minimum Gasteiger partial charge on any atom is -0.289 e. The van der Waals surface area contributed by atoms with Crippen molar-refractivity contribution in [1.82, 2.24) is 0 Å². The van der Waals surface area contributed by atoms with E-state index in [0.717, 1.165) is 12.8 Å². The van der Waals surface area contributed by atoms with Gasteiger partial charge in [-0.3, -0.25) is 4.57 Å². The Morgan fingerprint density at radius 3 is 0.944 bits per heavy atom. The van der Waals surface area contributed by atoms with E-state index in [4.69, 9.17) is 22.5 Å². The zero-order chi connectivity index (χ0) is 26.8. The summed E-state index contributed by atoms with van der Waals surface area (Å²) in [6.07, 6.45) is 37.9. The molecule has 4 heteroatoms. The van der Waals surface area contributed by atoms with Crippen LogP contribution in [0.2, 0.25) is 0 Å². The van der Waals surface area contributed by atoms with E-state index in [1.54, 1.807) is 0 Å². The van der Waals surface area contributed by atoms with Gasteiger partial charge in [-0.1, -0.05) is 162 Å². The van der Waals surface area contributed by atoms with E-state index >= 15 is 0 Å². The molecule has 0 aliphatic rings. The second-order valence-electron chi connectivity index (χ2n) is 11.9. The fourth-order valence-corrected chi connectivity index (χ4v) is 7.23. The first-order valence-corrected chi connectivity index (χ1v) is 20.1. The van der Waals surface area contributed by atoms with Gasteiger partial charge >= 0.3 is 0 Å². The van der Waals surface area contributed by atoms with Crippen LogP contribution < -0.4 is 0 Å². The monoisotopic (exact) mass is 566 g/mol. The highest BCUT2D eigenvalue weighted by atomic mass is 35.9. The highest BCUT2D eigenvalue weighted by Crippen LogP contribution is 2.57. The Morgan fingerprint density at radius 2 is 0.667 bits per heavy atom. The van der Waals surface area contributed by atoms with Crippen molar-refractivity contribution in [2.75, 3.05) is 6.16 Å². The van der Waals surface area contributed by atoms with Crippen molar-refractivity contribution < 1.29 is 4.57 Å². The lowest BCUT2D eigenvalue weighted by Crippen LogP contribution is -2.21. The Balaban J connectivity index is 4.25. The standard InChI is InChI=1S/C32H65Cl2OP/c1-4-7-10-22-27-32(28-23-11-8-5-2,29-24-12-9-6-3)30-25-20-18-16-14-13-15-17-19-21-26-31-36(33,34)35/h4-31H2,1-3H3. The molecule has 218 valence electrons. The van der Waals surface area contributed by atoms with E-state index in [-0.39, 0.29) is 0 Å². The Morgan fingerprint density at radius 1 is 0.417 bits per heavy atom. The van der Waals surface area contributed by atoms with Crippen molar-refractivity contribution in [1.29, 1.82) is 0 Å². The van der Waals surface area contributed by atoms with Crippen LogP contribution in [0.4, 0.5) is 0 Å². The number of halogens is 2. The molecule has 0 saturated carbocycles. The van der Waals surface area contributed by atoms with Gasteiger partial charge in [0, 0.05) is 6.16 Å². The van der Waals surface area contributed by atoms with E-state index in [1.807, 2.05) is 0 Å². The van der Waals surface area contributed by atoms with Crippen LogP contribution in [0.15, 0.2) is 0 Å². The van der Waals surface area contributed by atoms with E-state index in [1.165, 1.54) is 161 Å². The quantitative estimate of drug-likeness (QED) is 0.0649. The Hall–Kier alpha value is 0.810. The van der Waals surface area contributed by atoms with Crippen LogP contribution in [0.1, 0.15) is 194 Å². The lowest BCUT2D eigenvalue weighted by Gasteiger charge is -2.35. The molecule has 0 spiro atoms. The zero-order valence-corrected chi connectivity index (χ0v) is 27.3. The minimum absolute atomic E-state index is 0.480. The van der Waals surface area contributed by atoms with Crippen LogP contribution in [0.3, 0.4) is 0 Å². The van der Waals surface area contributed by atoms with Crippen molar-refractivity contribution in [2.45, 2.75) is 194 Å². The van der Waals surface area contributed by atoms with Gasteiger partial charge in [0.2, 0.25) is 0 Å². The lowest BCUT2D eigenvalue weighted by molar-refractivity contribution is 0.172. The Labute approximate surface area is 238 Å². The molecule has 0 atom stereocenters. The zero-order valence-electron chi connectivity index (χ0n) is 24.9. The summed E-state index contributed by atoms with van der Waals surface area (Å²) in [5, 5.41) is 0. The fraction of sp³-hybridized carbons (Fsp3) is 1.00. The van der Waals surface area contributed by atoms with Crippen molar-refractivity contribution in [3.8, 4) is 0 Å². The van der Waals surface area contributed by atoms with Crippen molar-refractivity contribution >= 4 is 28.3 Å². The molecule has 0 aromatic heterocycles. The van der Waals surface area contributed by atoms with E-state index in [2.05, 4.69) is 20.8 Å². The fourth-order valence-electron chi connectivity index (χ4n) is 5.92. The highest BCUT2D eigenvalue weighted by Gasteiger charge is 2.28. The molecule has 0 fully saturated rings. The van der Waals surface area contributed by atoms with Crippen LogP contribution >= 0.6 is 28.3 Å². The summed E-state index contributed by atoms with van der Waals surface area (Å²) in [5.74, 6) is -2.84. The van der Waals surface area contributed by atoms with Crippen molar-refractivity contribution in [3.05, 3.63) is 0 Å².